The highest BCUT2D eigenvalue weighted by Gasteiger charge is 2.29. The van der Waals surface area contributed by atoms with E-state index in [0.29, 0.717) is 0 Å². The molecule has 1 nitrogen and oxygen atoms in total. The summed E-state index contributed by atoms with van der Waals surface area (Å²) < 4.78 is 5.67. The van der Waals surface area contributed by atoms with E-state index in [2.05, 4.69) is 19.9 Å². The summed E-state index contributed by atoms with van der Waals surface area (Å²) in [5, 5.41) is 0. The molecule has 1 aromatic carbocycles. The average Bonchev–Trinajstić information content (AvgIpc) is 2.21. The number of fused-ring (bicyclic) bond motifs is 1. The molecule has 0 aromatic heterocycles. The fraction of sp³-hybridized carbons (Fsp3) is 0.400. The molecule has 0 saturated heterocycles. The van der Waals surface area contributed by atoms with Crippen LogP contribution in [-0.4, -0.2) is 5.60 Å². The standard InChI is InChI=1S/C10H11O/c1-10(2)7-8-5-3-4-6-9(8)11-10/h4-6H,7H2,1-2H3. The number of rotatable bonds is 0. The molecule has 0 spiro atoms. The van der Waals surface area contributed by atoms with E-state index >= 15 is 0 Å². The summed E-state index contributed by atoms with van der Waals surface area (Å²) in [7, 11) is 0. The van der Waals surface area contributed by atoms with Crippen molar-refractivity contribution in [1.82, 2.24) is 0 Å². The third-order valence-electron chi connectivity index (χ3n) is 1.91. The van der Waals surface area contributed by atoms with Gasteiger partial charge in [-0.15, -0.1) is 0 Å². The number of ether oxygens (including phenoxy) is 1. The van der Waals surface area contributed by atoms with Gasteiger partial charge in [-0.05, 0) is 37.6 Å². The maximum absolute atomic E-state index is 5.67. The molecule has 2 rings (SSSR count). The van der Waals surface area contributed by atoms with Gasteiger partial charge in [0.15, 0.2) is 0 Å². The van der Waals surface area contributed by atoms with Crippen molar-refractivity contribution in [2.75, 3.05) is 0 Å². The zero-order chi connectivity index (χ0) is 7.90. The summed E-state index contributed by atoms with van der Waals surface area (Å²) in [5.74, 6) is 1.02. The fourth-order valence-electron chi connectivity index (χ4n) is 1.48. The van der Waals surface area contributed by atoms with Crippen molar-refractivity contribution in [3.63, 3.8) is 0 Å². The molecule has 0 amide bonds. The minimum atomic E-state index is -0.0163. The SMILES string of the molecule is CC1(C)Cc2c[c]ccc2O1. The summed E-state index contributed by atoms with van der Waals surface area (Å²) in [6, 6.07) is 8.92. The first kappa shape index (κ1) is 6.71. The molecule has 0 bridgehead atoms. The predicted octanol–water partition coefficient (Wildman–Crippen LogP) is 2.20. The van der Waals surface area contributed by atoms with Gasteiger partial charge in [0.05, 0.1) is 0 Å². The molecule has 0 aliphatic carbocycles. The molecule has 1 radical (unpaired) electrons. The lowest BCUT2D eigenvalue weighted by Gasteiger charge is -2.16. The van der Waals surface area contributed by atoms with Crippen LogP contribution in [-0.2, 0) is 6.42 Å². The Balaban J connectivity index is 2.41. The second-order valence-corrected chi connectivity index (χ2v) is 3.57. The maximum Gasteiger partial charge on any atom is 0.123 e. The minimum Gasteiger partial charge on any atom is -0.487 e. The largest absolute Gasteiger partial charge is 0.487 e. The van der Waals surface area contributed by atoms with Crippen LogP contribution in [0.4, 0.5) is 0 Å². The number of benzene rings is 1. The molecule has 57 valence electrons. The van der Waals surface area contributed by atoms with E-state index in [0.717, 1.165) is 12.2 Å². The Hall–Kier alpha value is -0.980. The van der Waals surface area contributed by atoms with Gasteiger partial charge in [-0.3, -0.25) is 0 Å². The average molecular weight is 147 g/mol. The van der Waals surface area contributed by atoms with E-state index < -0.39 is 0 Å². The number of hydrogen-bond acceptors (Lipinski definition) is 1. The van der Waals surface area contributed by atoms with Crippen LogP contribution in [0.25, 0.3) is 0 Å². The zero-order valence-corrected chi connectivity index (χ0v) is 6.85. The smallest absolute Gasteiger partial charge is 0.123 e. The molecule has 0 saturated carbocycles. The molecule has 11 heavy (non-hydrogen) atoms. The topological polar surface area (TPSA) is 9.23 Å². The third-order valence-corrected chi connectivity index (χ3v) is 1.91. The molecule has 1 aliphatic heterocycles. The molecule has 0 N–H and O–H groups in total. The van der Waals surface area contributed by atoms with Crippen LogP contribution < -0.4 is 4.74 Å². The molecule has 0 unspecified atom stereocenters. The molecule has 0 fully saturated rings. The summed E-state index contributed by atoms with van der Waals surface area (Å²) in [6.45, 7) is 4.21. The van der Waals surface area contributed by atoms with Crippen molar-refractivity contribution >= 4 is 0 Å². The normalized spacial score (nSPS) is 19.1. The van der Waals surface area contributed by atoms with E-state index in [4.69, 9.17) is 4.74 Å². The van der Waals surface area contributed by atoms with E-state index in [1.165, 1.54) is 5.56 Å². The summed E-state index contributed by atoms with van der Waals surface area (Å²) in [6.07, 6.45) is 1.000. The van der Waals surface area contributed by atoms with Gasteiger partial charge >= 0.3 is 0 Å². The van der Waals surface area contributed by atoms with Crippen molar-refractivity contribution in [2.45, 2.75) is 25.9 Å². The monoisotopic (exact) mass is 147 g/mol. The van der Waals surface area contributed by atoms with Crippen molar-refractivity contribution in [2.24, 2.45) is 0 Å². The van der Waals surface area contributed by atoms with Gasteiger partial charge in [0.25, 0.3) is 0 Å². The Morgan fingerprint density at radius 3 is 3.09 bits per heavy atom. The van der Waals surface area contributed by atoms with E-state index in [1.54, 1.807) is 0 Å². The maximum atomic E-state index is 5.67. The molecule has 1 aliphatic rings. The van der Waals surface area contributed by atoms with Gasteiger partial charge in [0, 0.05) is 6.42 Å². The van der Waals surface area contributed by atoms with E-state index in [-0.39, 0.29) is 5.60 Å². The Morgan fingerprint density at radius 1 is 1.55 bits per heavy atom. The molecule has 1 heteroatoms. The van der Waals surface area contributed by atoms with Gasteiger partial charge in [0.1, 0.15) is 11.4 Å². The highest BCUT2D eigenvalue weighted by atomic mass is 16.5. The lowest BCUT2D eigenvalue weighted by molar-refractivity contribution is 0.138. The Labute approximate surface area is 67.0 Å². The van der Waals surface area contributed by atoms with Crippen molar-refractivity contribution < 1.29 is 4.74 Å². The van der Waals surface area contributed by atoms with Gasteiger partial charge < -0.3 is 4.74 Å². The number of hydrogen-bond donors (Lipinski definition) is 0. The minimum absolute atomic E-state index is 0.0163. The van der Waals surface area contributed by atoms with Crippen LogP contribution >= 0.6 is 0 Å². The quantitative estimate of drug-likeness (QED) is 0.546. The Bertz CT molecular complexity index is 249. The third kappa shape index (κ3) is 1.11. The fourth-order valence-corrected chi connectivity index (χ4v) is 1.48. The first-order valence-electron chi connectivity index (χ1n) is 3.85. The molecule has 0 atom stereocenters. The van der Waals surface area contributed by atoms with Gasteiger partial charge in [0.2, 0.25) is 0 Å². The Kier molecular flexibility index (Phi) is 1.22. The highest BCUT2D eigenvalue weighted by molar-refractivity contribution is 5.37. The van der Waals surface area contributed by atoms with Gasteiger partial charge in [-0.2, -0.15) is 0 Å². The Morgan fingerprint density at radius 2 is 2.36 bits per heavy atom. The van der Waals surface area contributed by atoms with E-state index in [1.807, 2.05) is 18.2 Å². The van der Waals surface area contributed by atoms with Crippen LogP contribution in [0.15, 0.2) is 18.2 Å². The second-order valence-electron chi connectivity index (χ2n) is 3.57. The zero-order valence-electron chi connectivity index (χ0n) is 6.85. The van der Waals surface area contributed by atoms with E-state index in [9.17, 15) is 0 Å². The summed E-state index contributed by atoms with van der Waals surface area (Å²) >= 11 is 0. The van der Waals surface area contributed by atoms with Crippen molar-refractivity contribution in [3.05, 3.63) is 29.8 Å². The van der Waals surface area contributed by atoms with Crippen LogP contribution in [0.5, 0.6) is 5.75 Å². The van der Waals surface area contributed by atoms with Crippen molar-refractivity contribution in [1.29, 1.82) is 0 Å². The van der Waals surface area contributed by atoms with Crippen LogP contribution in [0.3, 0.4) is 0 Å². The van der Waals surface area contributed by atoms with Gasteiger partial charge in [-0.1, -0.05) is 6.07 Å². The van der Waals surface area contributed by atoms with Gasteiger partial charge in [-0.25, -0.2) is 0 Å². The summed E-state index contributed by atoms with van der Waals surface area (Å²) in [4.78, 5) is 0. The first-order valence-corrected chi connectivity index (χ1v) is 3.85. The highest BCUT2D eigenvalue weighted by Crippen LogP contribution is 2.33. The van der Waals surface area contributed by atoms with Crippen molar-refractivity contribution in [3.8, 4) is 5.75 Å². The van der Waals surface area contributed by atoms with Crippen LogP contribution in [0.1, 0.15) is 19.4 Å². The summed E-state index contributed by atoms with van der Waals surface area (Å²) in [5.41, 5.74) is 1.26. The molecule has 1 heterocycles. The van der Waals surface area contributed by atoms with Crippen LogP contribution in [0, 0.1) is 6.07 Å². The molecule has 1 aromatic rings. The second kappa shape index (κ2) is 2.00. The lowest BCUT2D eigenvalue weighted by atomic mass is 10.0. The molecular weight excluding hydrogens is 136 g/mol. The predicted molar refractivity (Wildman–Crippen MR) is 43.7 cm³/mol. The lowest BCUT2D eigenvalue weighted by Crippen LogP contribution is -2.24. The first-order chi connectivity index (χ1) is 5.17. The molecular formula is C10H11O. The van der Waals surface area contributed by atoms with Crippen LogP contribution in [0.2, 0.25) is 0 Å².